The number of thioether (sulfide) groups is 1. The Balaban J connectivity index is 1.59. The minimum Gasteiger partial charge on any atom is -0.236 e. The molecule has 0 saturated heterocycles. The normalized spacial score (nSPS) is 11.1. The van der Waals surface area contributed by atoms with Crippen LogP contribution in [0.25, 0.3) is 16.6 Å². The van der Waals surface area contributed by atoms with Gasteiger partial charge in [0.2, 0.25) is 5.16 Å². The third kappa shape index (κ3) is 3.36. The summed E-state index contributed by atoms with van der Waals surface area (Å²) in [6, 6.07) is 18.1. The lowest BCUT2D eigenvalue weighted by atomic mass is 10.2. The number of pyridine rings is 1. The van der Waals surface area contributed by atoms with Gasteiger partial charge in [0, 0.05) is 16.7 Å². The average Bonchev–Trinajstić information content (AvgIpc) is 3.09. The van der Waals surface area contributed by atoms with E-state index in [1.807, 2.05) is 55.5 Å². The Kier molecular flexibility index (Phi) is 4.38. The fourth-order valence-electron chi connectivity index (χ4n) is 2.50. The molecule has 0 aliphatic rings. The molecule has 0 bridgehead atoms. The van der Waals surface area contributed by atoms with Gasteiger partial charge in [0.25, 0.3) is 0 Å². The van der Waals surface area contributed by atoms with Crippen LogP contribution in [0.2, 0.25) is 5.15 Å². The monoisotopic (exact) mass is 367 g/mol. The maximum atomic E-state index is 6.33. The molecule has 2 heterocycles. The lowest BCUT2D eigenvalue weighted by Crippen LogP contribution is -1.99. The highest BCUT2D eigenvalue weighted by molar-refractivity contribution is 7.98. The molecule has 5 nitrogen and oxygen atoms in total. The molecule has 4 aromatic rings. The number of halogens is 1. The molecule has 0 fully saturated rings. The molecule has 124 valence electrons. The fourth-order valence-corrected chi connectivity index (χ4v) is 3.65. The molecule has 2 aromatic carbocycles. The first kappa shape index (κ1) is 16.1. The predicted octanol–water partition coefficient (Wildman–Crippen LogP) is 4.46. The first-order valence-corrected chi connectivity index (χ1v) is 9.09. The molecular weight excluding hydrogens is 354 g/mol. The van der Waals surface area contributed by atoms with Crippen LogP contribution in [-0.4, -0.2) is 25.2 Å². The number of fused-ring (bicyclic) bond motifs is 1. The number of tetrazole rings is 1. The van der Waals surface area contributed by atoms with E-state index in [1.165, 1.54) is 17.3 Å². The number of benzene rings is 2. The summed E-state index contributed by atoms with van der Waals surface area (Å²) in [6.45, 7) is 2.05. The van der Waals surface area contributed by atoms with Gasteiger partial charge >= 0.3 is 0 Å². The van der Waals surface area contributed by atoms with Crippen molar-refractivity contribution >= 4 is 34.3 Å². The molecule has 0 amide bonds. The van der Waals surface area contributed by atoms with Gasteiger partial charge in [0.05, 0.1) is 11.2 Å². The molecule has 0 unspecified atom stereocenters. The van der Waals surface area contributed by atoms with Crippen LogP contribution in [0.1, 0.15) is 11.1 Å². The summed E-state index contributed by atoms with van der Waals surface area (Å²) in [7, 11) is 0. The van der Waals surface area contributed by atoms with Crippen molar-refractivity contribution in [2.75, 3.05) is 0 Å². The van der Waals surface area contributed by atoms with Crippen molar-refractivity contribution in [2.45, 2.75) is 17.8 Å². The fraction of sp³-hybridized carbons (Fsp3) is 0.111. The highest BCUT2D eigenvalue weighted by Gasteiger charge is 2.11. The first-order valence-electron chi connectivity index (χ1n) is 7.73. The average molecular weight is 368 g/mol. The van der Waals surface area contributed by atoms with Crippen LogP contribution in [0.5, 0.6) is 0 Å². The molecule has 4 rings (SSSR count). The lowest BCUT2D eigenvalue weighted by Gasteiger charge is -2.07. The Morgan fingerprint density at radius 1 is 1.08 bits per heavy atom. The van der Waals surface area contributed by atoms with E-state index in [9.17, 15) is 0 Å². The van der Waals surface area contributed by atoms with E-state index in [0.29, 0.717) is 16.1 Å². The molecule has 0 spiro atoms. The number of nitrogens with zero attached hydrogens (tertiary/aromatic N) is 5. The molecule has 0 saturated carbocycles. The molecule has 7 heteroatoms. The second-order valence-corrected chi connectivity index (χ2v) is 6.93. The molecule has 2 aromatic heterocycles. The topological polar surface area (TPSA) is 56.5 Å². The second kappa shape index (κ2) is 6.82. The zero-order chi connectivity index (χ0) is 17.2. The molecule has 25 heavy (non-hydrogen) atoms. The number of para-hydroxylation sites is 1. The smallest absolute Gasteiger partial charge is 0.214 e. The summed E-state index contributed by atoms with van der Waals surface area (Å²) >= 11 is 7.87. The number of aryl methyl sites for hydroxylation is 1. The summed E-state index contributed by atoms with van der Waals surface area (Å²) in [4.78, 5) is 4.46. The largest absolute Gasteiger partial charge is 0.236 e. The SMILES string of the molecule is Cc1ccc(-n2nnnc2SCc2cc3ccccc3nc2Cl)cc1. The summed E-state index contributed by atoms with van der Waals surface area (Å²) < 4.78 is 1.73. The maximum Gasteiger partial charge on any atom is 0.214 e. The van der Waals surface area contributed by atoms with Crippen molar-refractivity contribution in [3.63, 3.8) is 0 Å². The highest BCUT2D eigenvalue weighted by atomic mass is 35.5. The van der Waals surface area contributed by atoms with Crippen molar-refractivity contribution in [2.24, 2.45) is 0 Å². The Labute approximate surface area is 154 Å². The lowest BCUT2D eigenvalue weighted by molar-refractivity contribution is 0.756. The maximum absolute atomic E-state index is 6.33. The summed E-state index contributed by atoms with van der Waals surface area (Å²) in [5.74, 6) is 0.642. The second-order valence-electron chi connectivity index (χ2n) is 5.63. The minimum atomic E-state index is 0.514. The molecule has 0 radical (unpaired) electrons. The number of hydrogen-bond acceptors (Lipinski definition) is 5. The number of aromatic nitrogens is 5. The highest BCUT2D eigenvalue weighted by Crippen LogP contribution is 2.28. The third-order valence-electron chi connectivity index (χ3n) is 3.83. The van der Waals surface area contributed by atoms with Crippen molar-refractivity contribution in [1.82, 2.24) is 25.2 Å². The van der Waals surface area contributed by atoms with Gasteiger partial charge in [-0.15, -0.1) is 5.10 Å². The van der Waals surface area contributed by atoms with Gasteiger partial charge in [0.15, 0.2) is 0 Å². The van der Waals surface area contributed by atoms with E-state index in [-0.39, 0.29) is 0 Å². The Hall–Kier alpha value is -2.44. The van der Waals surface area contributed by atoms with Gasteiger partial charge in [-0.05, 0) is 41.6 Å². The Bertz CT molecular complexity index is 1030. The van der Waals surface area contributed by atoms with Crippen molar-refractivity contribution in [3.8, 4) is 5.69 Å². The summed E-state index contributed by atoms with van der Waals surface area (Å²) in [6.07, 6.45) is 0. The van der Waals surface area contributed by atoms with Crippen LogP contribution in [0.15, 0.2) is 59.8 Å². The van der Waals surface area contributed by atoms with Crippen LogP contribution in [0.3, 0.4) is 0 Å². The van der Waals surface area contributed by atoms with Gasteiger partial charge in [0.1, 0.15) is 5.15 Å². The number of hydrogen-bond donors (Lipinski definition) is 0. The van der Waals surface area contributed by atoms with Crippen LogP contribution in [-0.2, 0) is 5.75 Å². The number of rotatable bonds is 4. The van der Waals surface area contributed by atoms with Gasteiger partial charge in [-0.3, -0.25) is 0 Å². The Morgan fingerprint density at radius 2 is 1.88 bits per heavy atom. The van der Waals surface area contributed by atoms with Gasteiger partial charge in [-0.1, -0.05) is 59.3 Å². The van der Waals surface area contributed by atoms with E-state index in [1.54, 1.807) is 4.68 Å². The van der Waals surface area contributed by atoms with E-state index in [4.69, 9.17) is 11.6 Å². The van der Waals surface area contributed by atoms with Gasteiger partial charge in [-0.2, -0.15) is 4.68 Å². The molecule has 0 aliphatic heterocycles. The Morgan fingerprint density at radius 3 is 2.72 bits per heavy atom. The zero-order valence-electron chi connectivity index (χ0n) is 13.4. The minimum absolute atomic E-state index is 0.514. The van der Waals surface area contributed by atoms with Crippen molar-refractivity contribution < 1.29 is 0 Å². The van der Waals surface area contributed by atoms with Crippen molar-refractivity contribution in [3.05, 3.63) is 70.9 Å². The third-order valence-corrected chi connectivity index (χ3v) is 5.12. The van der Waals surface area contributed by atoms with Gasteiger partial charge < -0.3 is 0 Å². The van der Waals surface area contributed by atoms with Crippen LogP contribution < -0.4 is 0 Å². The van der Waals surface area contributed by atoms with Crippen LogP contribution >= 0.6 is 23.4 Å². The van der Waals surface area contributed by atoms with E-state index in [0.717, 1.165) is 22.2 Å². The summed E-state index contributed by atoms with van der Waals surface area (Å²) in [5, 5.41) is 14.3. The standard InChI is InChI=1S/C18H14ClN5S/c1-12-6-8-15(9-7-12)24-18(21-22-23-24)25-11-14-10-13-4-2-3-5-16(13)20-17(14)19/h2-10H,11H2,1H3. The van der Waals surface area contributed by atoms with Gasteiger partial charge in [-0.25, -0.2) is 4.98 Å². The quantitative estimate of drug-likeness (QED) is 0.393. The molecule has 0 aliphatic carbocycles. The van der Waals surface area contributed by atoms with E-state index < -0.39 is 0 Å². The molecule has 0 atom stereocenters. The van der Waals surface area contributed by atoms with E-state index in [2.05, 4.69) is 26.6 Å². The van der Waals surface area contributed by atoms with E-state index >= 15 is 0 Å². The molecular formula is C18H14ClN5S. The zero-order valence-corrected chi connectivity index (χ0v) is 15.0. The predicted molar refractivity (Wildman–Crippen MR) is 100 cm³/mol. The first-order chi connectivity index (χ1) is 12.2. The molecule has 0 N–H and O–H groups in total. The van der Waals surface area contributed by atoms with Crippen LogP contribution in [0, 0.1) is 6.92 Å². The summed E-state index contributed by atoms with van der Waals surface area (Å²) in [5.41, 5.74) is 3.98. The van der Waals surface area contributed by atoms with Crippen LogP contribution in [0.4, 0.5) is 0 Å². The van der Waals surface area contributed by atoms with Crippen molar-refractivity contribution in [1.29, 1.82) is 0 Å².